The van der Waals surface area contributed by atoms with Crippen LogP contribution in [0.25, 0.3) is 10.9 Å². The van der Waals surface area contributed by atoms with Crippen molar-refractivity contribution in [2.45, 2.75) is 18.1 Å². The summed E-state index contributed by atoms with van der Waals surface area (Å²) >= 11 is 0. The van der Waals surface area contributed by atoms with Gasteiger partial charge in [0.2, 0.25) is 0 Å². The fraction of sp³-hybridized carbons (Fsp3) is 0.333. The molecule has 0 amide bonds. The lowest BCUT2D eigenvalue weighted by atomic mass is 10.0. The molecule has 1 heterocycles. The van der Waals surface area contributed by atoms with Crippen LogP contribution in [-0.2, 0) is 0 Å². The standard InChI is InChI=1S/C12H11F5N2O.ClH/c1-20-6-2-3-9-7(4-6)8(5-19-9)10(18)11(13,14)12(15,16)17;/h2-5,10,19H,18H2,1H3;1H/t10-;/m0./s1. The molecule has 9 heteroatoms. The van der Waals surface area contributed by atoms with Crippen molar-refractivity contribution in [3.63, 3.8) is 0 Å². The van der Waals surface area contributed by atoms with Crippen molar-refractivity contribution in [2.24, 2.45) is 5.73 Å². The van der Waals surface area contributed by atoms with Gasteiger partial charge in [-0.05, 0) is 18.2 Å². The van der Waals surface area contributed by atoms with Gasteiger partial charge >= 0.3 is 12.1 Å². The van der Waals surface area contributed by atoms with Crippen LogP contribution in [0.2, 0.25) is 0 Å². The Bertz CT molecular complexity index is 626. The Balaban J connectivity index is 0.00000220. The number of hydrogen-bond acceptors (Lipinski definition) is 2. The van der Waals surface area contributed by atoms with E-state index in [0.717, 1.165) is 6.20 Å². The first kappa shape index (κ1) is 17.5. The number of nitrogens with one attached hydrogen (secondary N) is 1. The van der Waals surface area contributed by atoms with Crippen LogP contribution in [0, 0.1) is 0 Å². The summed E-state index contributed by atoms with van der Waals surface area (Å²) in [5.74, 6) is -4.69. The number of nitrogens with two attached hydrogens (primary N) is 1. The number of aromatic amines is 1. The van der Waals surface area contributed by atoms with E-state index in [9.17, 15) is 22.0 Å². The van der Waals surface area contributed by atoms with Crippen molar-refractivity contribution in [3.05, 3.63) is 30.0 Å². The van der Waals surface area contributed by atoms with E-state index in [1.54, 1.807) is 6.07 Å². The molecular weight excluding hydrogens is 319 g/mol. The van der Waals surface area contributed by atoms with E-state index in [4.69, 9.17) is 10.5 Å². The Morgan fingerprint density at radius 3 is 2.33 bits per heavy atom. The Morgan fingerprint density at radius 2 is 1.81 bits per heavy atom. The van der Waals surface area contributed by atoms with Crippen LogP contribution in [0.3, 0.4) is 0 Å². The molecule has 0 saturated carbocycles. The molecule has 1 aromatic carbocycles. The van der Waals surface area contributed by atoms with Crippen LogP contribution in [-0.4, -0.2) is 24.2 Å². The Kier molecular flexibility index (Phi) is 4.74. The number of halogens is 6. The third-order valence-electron chi connectivity index (χ3n) is 3.02. The molecule has 0 saturated heterocycles. The van der Waals surface area contributed by atoms with Crippen LogP contribution in [0.15, 0.2) is 24.4 Å². The number of alkyl halides is 5. The number of benzene rings is 1. The lowest BCUT2D eigenvalue weighted by Gasteiger charge is -2.25. The second-order valence-corrected chi connectivity index (χ2v) is 4.25. The number of methoxy groups -OCH3 is 1. The predicted molar refractivity (Wildman–Crippen MR) is 70.0 cm³/mol. The smallest absolute Gasteiger partial charge is 0.455 e. The number of fused-ring (bicyclic) bond motifs is 1. The summed E-state index contributed by atoms with van der Waals surface area (Å²) in [6, 6.07) is 1.92. The Hall–Kier alpha value is -1.54. The van der Waals surface area contributed by atoms with Crippen molar-refractivity contribution in [1.29, 1.82) is 0 Å². The van der Waals surface area contributed by atoms with E-state index in [1.807, 2.05) is 0 Å². The molecule has 0 radical (unpaired) electrons. The van der Waals surface area contributed by atoms with Gasteiger partial charge in [0.15, 0.2) is 0 Å². The summed E-state index contributed by atoms with van der Waals surface area (Å²) in [4.78, 5) is 2.61. The zero-order valence-electron chi connectivity index (χ0n) is 10.7. The molecule has 1 aromatic heterocycles. The largest absolute Gasteiger partial charge is 0.497 e. The molecule has 21 heavy (non-hydrogen) atoms. The number of aromatic nitrogens is 1. The monoisotopic (exact) mass is 330 g/mol. The maximum absolute atomic E-state index is 13.3. The van der Waals surface area contributed by atoms with E-state index in [2.05, 4.69) is 4.98 Å². The third kappa shape index (κ3) is 2.91. The first-order chi connectivity index (χ1) is 9.18. The maximum atomic E-state index is 13.3. The summed E-state index contributed by atoms with van der Waals surface area (Å²) < 4.78 is 68.6. The highest BCUT2D eigenvalue weighted by atomic mass is 35.5. The van der Waals surface area contributed by atoms with Crippen molar-refractivity contribution in [1.82, 2.24) is 4.98 Å². The zero-order valence-corrected chi connectivity index (χ0v) is 11.5. The minimum absolute atomic E-state index is 0. The zero-order chi connectivity index (χ0) is 15.1. The van der Waals surface area contributed by atoms with E-state index >= 15 is 0 Å². The molecule has 0 unspecified atom stereocenters. The van der Waals surface area contributed by atoms with Crippen molar-refractivity contribution in [3.8, 4) is 5.75 Å². The Labute approximate surface area is 122 Å². The van der Waals surface area contributed by atoms with Gasteiger partial charge in [-0.2, -0.15) is 22.0 Å². The van der Waals surface area contributed by atoms with Gasteiger partial charge in [0, 0.05) is 22.7 Å². The van der Waals surface area contributed by atoms with Gasteiger partial charge in [-0.3, -0.25) is 0 Å². The molecule has 2 aromatic rings. The predicted octanol–water partition coefficient (Wildman–Crippen LogP) is 3.80. The summed E-state index contributed by atoms with van der Waals surface area (Å²) in [5, 5.41) is 0.167. The average Bonchev–Trinajstić information content (AvgIpc) is 2.78. The fourth-order valence-electron chi connectivity index (χ4n) is 1.88. The normalized spacial score (nSPS) is 13.9. The molecule has 0 fully saturated rings. The Morgan fingerprint density at radius 1 is 1.19 bits per heavy atom. The number of rotatable bonds is 3. The highest BCUT2D eigenvalue weighted by molar-refractivity contribution is 5.85. The van der Waals surface area contributed by atoms with Crippen molar-refractivity contribution in [2.75, 3.05) is 7.11 Å². The molecule has 0 aliphatic carbocycles. The van der Waals surface area contributed by atoms with Crippen molar-refractivity contribution < 1.29 is 26.7 Å². The molecule has 0 aliphatic rings. The topological polar surface area (TPSA) is 51.0 Å². The third-order valence-corrected chi connectivity index (χ3v) is 3.02. The summed E-state index contributed by atoms with van der Waals surface area (Å²) in [5.41, 5.74) is 5.21. The molecule has 118 valence electrons. The summed E-state index contributed by atoms with van der Waals surface area (Å²) in [6.45, 7) is 0. The van der Waals surface area contributed by atoms with Gasteiger partial charge in [-0.25, -0.2) is 0 Å². The first-order valence-corrected chi connectivity index (χ1v) is 5.53. The van der Waals surface area contributed by atoms with Crippen LogP contribution in [0.4, 0.5) is 22.0 Å². The highest BCUT2D eigenvalue weighted by Crippen LogP contribution is 2.44. The molecule has 3 N–H and O–H groups in total. The lowest BCUT2D eigenvalue weighted by Crippen LogP contribution is -2.45. The molecule has 0 aliphatic heterocycles. The maximum Gasteiger partial charge on any atom is 0.455 e. The first-order valence-electron chi connectivity index (χ1n) is 5.53. The second kappa shape index (κ2) is 5.69. The minimum atomic E-state index is -5.71. The van der Waals surface area contributed by atoms with E-state index < -0.39 is 18.1 Å². The van der Waals surface area contributed by atoms with Gasteiger partial charge in [0.25, 0.3) is 0 Å². The SMILES string of the molecule is COc1ccc2[nH]cc([C@H](N)C(F)(F)C(F)(F)F)c2c1.Cl. The van der Waals surface area contributed by atoms with Gasteiger partial charge in [-0.1, -0.05) is 0 Å². The van der Waals surface area contributed by atoms with E-state index in [0.29, 0.717) is 11.3 Å². The van der Waals surface area contributed by atoms with Crippen LogP contribution >= 0.6 is 12.4 Å². The van der Waals surface area contributed by atoms with Gasteiger partial charge in [-0.15, -0.1) is 12.4 Å². The summed E-state index contributed by atoms with van der Waals surface area (Å²) in [6.07, 6.45) is -4.66. The van der Waals surface area contributed by atoms with E-state index in [1.165, 1.54) is 19.2 Å². The molecule has 1 atom stereocenters. The molecular formula is C12H12ClF5N2O. The van der Waals surface area contributed by atoms with Gasteiger partial charge in [0.05, 0.1) is 7.11 Å². The van der Waals surface area contributed by atoms with Crippen molar-refractivity contribution >= 4 is 23.3 Å². The number of H-pyrrole nitrogens is 1. The summed E-state index contributed by atoms with van der Waals surface area (Å²) in [7, 11) is 1.36. The molecule has 0 bridgehead atoms. The average molecular weight is 331 g/mol. The van der Waals surface area contributed by atoms with Crippen LogP contribution in [0.5, 0.6) is 5.75 Å². The number of ether oxygens (including phenoxy) is 1. The van der Waals surface area contributed by atoms with Crippen LogP contribution < -0.4 is 10.5 Å². The number of hydrogen-bond donors (Lipinski definition) is 2. The quantitative estimate of drug-likeness (QED) is 0.841. The molecule has 2 rings (SSSR count). The molecule has 0 spiro atoms. The van der Waals surface area contributed by atoms with Gasteiger partial charge in [0.1, 0.15) is 11.8 Å². The second-order valence-electron chi connectivity index (χ2n) is 4.25. The van der Waals surface area contributed by atoms with Gasteiger partial charge < -0.3 is 15.5 Å². The highest BCUT2D eigenvalue weighted by Gasteiger charge is 2.62. The van der Waals surface area contributed by atoms with Crippen LogP contribution in [0.1, 0.15) is 11.6 Å². The fourth-order valence-corrected chi connectivity index (χ4v) is 1.88. The minimum Gasteiger partial charge on any atom is -0.497 e. The molecule has 3 nitrogen and oxygen atoms in total. The lowest BCUT2D eigenvalue weighted by molar-refractivity contribution is -0.290. The van der Waals surface area contributed by atoms with E-state index in [-0.39, 0.29) is 23.4 Å².